The maximum Gasteiger partial charge on any atom is 0.212 e. The molecule has 2 aromatic carbocycles. The maximum atomic E-state index is 2.31. The third kappa shape index (κ3) is 2.67. The molecule has 0 aliphatic carbocycles. The summed E-state index contributed by atoms with van der Waals surface area (Å²) in [5.74, 6) is 0. The summed E-state index contributed by atoms with van der Waals surface area (Å²) in [7, 11) is 2.10. The molecule has 0 spiro atoms. The average Bonchev–Trinajstić information content (AvgIpc) is 2.51. The zero-order valence-corrected chi connectivity index (χ0v) is 13.7. The SMILES string of the molecule is Cc1ccc(C)c(-c2ccc(C)c(-c3cccc[n+]3C)c2)c1. The van der Waals surface area contributed by atoms with Gasteiger partial charge in [0, 0.05) is 17.7 Å². The van der Waals surface area contributed by atoms with E-state index < -0.39 is 0 Å². The third-order valence-electron chi connectivity index (χ3n) is 4.27. The van der Waals surface area contributed by atoms with Crippen molar-refractivity contribution in [3.63, 3.8) is 0 Å². The maximum absolute atomic E-state index is 2.31. The summed E-state index contributed by atoms with van der Waals surface area (Å²) in [5, 5.41) is 0. The van der Waals surface area contributed by atoms with Crippen LogP contribution >= 0.6 is 0 Å². The van der Waals surface area contributed by atoms with Crippen molar-refractivity contribution >= 4 is 0 Å². The van der Waals surface area contributed by atoms with Crippen molar-refractivity contribution in [2.45, 2.75) is 20.8 Å². The fourth-order valence-electron chi connectivity index (χ4n) is 2.92. The van der Waals surface area contributed by atoms with E-state index in [-0.39, 0.29) is 0 Å². The molecule has 1 heteroatoms. The van der Waals surface area contributed by atoms with E-state index in [2.05, 4.69) is 93.2 Å². The van der Waals surface area contributed by atoms with Gasteiger partial charge in [0.25, 0.3) is 0 Å². The lowest BCUT2D eigenvalue weighted by Gasteiger charge is -2.11. The fourth-order valence-corrected chi connectivity index (χ4v) is 2.92. The van der Waals surface area contributed by atoms with E-state index in [0.29, 0.717) is 0 Å². The second-order valence-electron chi connectivity index (χ2n) is 6.04. The average molecular weight is 288 g/mol. The van der Waals surface area contributed by atoms with Crippen LogP contribution in [0.5, 0.6) is 0 Å². The molecule has 0 saturated heterocycles. The molecule has 0 aliphatic rings. The zero-order chi connectivity index (χ0) is 15.7. The molecule has 0 radical (unpaired) electrons. The number of rotatable bonds is 2. The number of pyridine rings is 1. The largest absolute Gasteiger partial charge is 0.212 e. The van der Waals surface area contributed by atoms with Gasteiger partial charge in [-0.2, -0.15) is 0 Å². The van der Waals surface area contributed by atoms with Crippen LogP contribution in [-0.4, -0.2) is 0 Å². The Hall–Kier alpha value is -2.41. The third-order valence-corrected chi connectivity index (χ3v) is 4.27. The number of nitrogens with zero attached hydrogens (tertiary/aromatic N) is 1. The Morgan fingerprint density at radius 1 is 0.727 bits per heavy atom. The van der Waals surface area contributed by atoms with E-state index in [1.807, 2.05) is 0 Å². The van der Waals surface area contributed by atoms with Gasteiger partial charge in [-0.25, -0.2) is 4.57 Å². The monoisotopic (exact) mass is 288 g/mol. The normalized spacial score (nSPS) is 10.7. The van der Waals surface area contributed by atoms with Crippen molar-refractivity contribution in [1.82, 2.24) is 0 Å². The second kappa shape index (κ2) is 5.76. The van der Waals surface area contributed by atoms with E-state index in [4.69, 9.17) is 0 Å². The number of aryl methyl sites for hydroxylation is 4. The highest BCUT2D eigenvalue weighted by molar-refractivity contribution is 5.74. The van der Waals surface area contributed by atoms with Gasteiger partial charge in [-0.05, 0) is 55.2 Å². The van der Waals surface area contributed by atoms with Crippen LogP contribution in [0.4, 0.5) is 0 Å². The minimum absolute atomic E-state index is 1.24. The minimum Gasteiger partial charge on any atom is -0.201 e. The molecule has 0 atom stereocenters. The van der Waals surface area contributed by atoms with Gasteiger partial charge in [-0.3, -0.25) is 0 Å². The van der Waals surface area contributed by atoms with Gasteiger partial charge in [0.05, 0.1) is 0 Å². The molecule has 0 aliphatic heterocycles. The first-order valence-electron chi connectivity index (χ1n) is 7.69. The fraction of sp³-hybridized carbons (Fsp3) is 0.190. The van der Waals surface area contributed by atoms with Crippen LogP contribution in [0.15, 0.2) is 60.8 Å². The van der Waals surface area contributed by atoms with Gasteiger partial charge in [0.2, 0.25) is 5.69 Å². The Labute approximate surface area is 132 Å². The summed E-state index contributed by atoms with van der Waals surface area (Å²) in [5.41, 5.74) is 9.06. The van der Waals surface area contributed by atoms with E-state index in [0.717, 1.165) is 0 Å². The summed E-state index contributed by atoms with van der Waals surface area (Å²) in [6.45, 7) is 6.50. The molecule has 0 fully saturated rings. The molecule has 0 amide bonds. The summed E-state index contributed by atoms with van der Waals surface area (Å²) >= 11 is 0. The summed E-state index contributed by atoms with van der Waals surface area (Å²) < 4.78 is 2.18. The van der Waals surface area contributed by atoms with Gasteiger partial charge in [-0.1, -0.05) is 35.9 Å². The zero-order valence-electron chi connectivity index (χ0n) is 13.7. The Balaban J connectivity index is 2.19. The Bertz CT molecular complexity index is 831. The molecule has 1 nitrogen and oxygen atoms in total. The van der Waals surface area contributed by atoms with Crippen molar-refractivity contribution in [3.05, 3.63) is 77.5 Å². The smallest absolute Gasteiger partial charge is 0.201 e. The van der Waals surface area contributed by atoms with E-state index in [1.165, 1.54) is 39.1 Å². The molecule has 0 unspecified atom stereocenters. The molecule has 0 N–H and O–H groups in total. The van der Waals surface area contributed by atoms with Gasteiger partial charge in [0.1, 0.15) is 7.05 Å². The lowest BCUT2D eigenvalue weighted by atomic mass is 9.94. The van der Waals surface area contributed by atoms with E-state index in [1.54, 1.807) is 0 Å². The number of hydrogen-bond donors (Lipinski definition) is 0. The molecule has 1 heterocycles. The first kappa shape index (κ1) is 14.5. The quantitative estimate of drug-likeness (QED) is 0.598. The highest BCUT2D eigenvalue weighted by Gasteiger charge is 2.13. The van der Waals surface area contributed by atoms with Crippen LogP contribution in [-0.2, 0) is 7.05 Å². The van der Waals surface area contributed by atoms with Crippen molar-refractivity contribution in [2.24, 2.45) is 7.05 Å². The topological polar surface area (TPSA) is 3.88 Å². The minimum atomic E-state index is 1.24. The Morgan fingerprint density at radius 2 is 1.45 bits per heavy atom. The molecular formula is C21H22N+. The Morgan fingerprint density at radius 3 is 2.23 bits per heavy atom. The lowest BCUT2D eigenvalue weighted by Crippen LogP contribution is -2.30. The summed E-state index contributed by atoms with van der Waals surface area (Å²) in [4.78, 5) is 0. The van der Waals surface area contributed by atoms with Crippen LogP contribution in [0.25, 0.3) is 22.4 Å². The van der Waals surface area contributed by atoms with Gasteiger partial charge < -0.3 is 0 Å². The van der Waals surface area contributed by atoms with Gasteiger partial charge in [0.15, 0.2) is 6.20 Å². The Kier molecular flexibility index (Phi) is 3.81. The molecule has 0 saturated carbocycles. The van der Waals surface area contributed by atoms with Crippen LogP contribution in [0.2, 0.25) is 0 Å². The predicted octanol–water partition coefficient (Wildman–Crippen LogP) is 4.77. The van der Waals surface area contributed by atoms with Crippen molar-refractivity contribution in [2.75, 3.05) is 0 Å². The highest BCUT2D eigenvalue weighted by atomic mass is 14.9. The molecule has 110 valence electrons. The lowest BCUT2D eigenvalue weighted by molar-refractivity contribution is -0.660. The van der Waals surface area contributed by atoms with Crippen LogP contribution < -0.4 is 4.57 Å². The number of hydrogen-bond acceptors (Lipinski definition) is 0. The molecule has 0 bridgehead atoms. The van der Waals surface area contributed by atoms with Crippen LogP contribution in [0.1, 0.15) is 16.7 Å². The highest BCUT2D eigenvalue weighted by Crippen LogP contribution is 2.30. The standard InChI is InChI=1S/C21H22N/c1-15-8-9-16(2)19(13-15)18-11-10-17(3)20(14-18)21-7-5-6-12-22(21)4/h5-14H,1-4H3/q+1. The first-order chi connectivity index (χ1) is 10.6. The van der Waals surface area contributed by atoms with Crippen LogP contribution in [0.3, 0.4) is 0 Å². The molecule has 3 aromatic rings. The molecule has 22 heavy (non-hydrogen) atoms. The summed E-state index contributed by atoms with van der Waals surface area (Å²) in [6.07, 6.45) is 2.10. The van der Waals surface area contributed by atoms with E-state index >= 15 is 0 Å². The van der Waals surface area contributed by atoms with Crippen molar-refractivity contribution < 1.29 is 4.57 Å². The van der Waals surface area contributed by atoms with E-state index in [9.17, 15) is 0 Å². The summed E-state index contributed by atoms with van der Waals surface area (Å²) in [6, 6.07) is 19.7. The second-order valence-corrected chi connectivity index (χ2v) is 6.04. The predicted molar refractivity (Wildman–Crippen MR) is 92.7 cm³/mol. The van der Waals surface area contributed by atoms with Gasteiger partial charge >= 0.3 is 0 Å². The number of aromatic nitrogens is 1. The van der Waals surface area contributed by atoms with Gasteiger partial charge in [-0.15, -0.1) is 0 Å². The van der Waals surface area contributed by atoms with Crippen molar-refractivity contribution in [1.29, 1.82) is 0 Å². The molecule has 1 aromatic heterocycles. The number of benzene rings is 2. The molecular weight excluding hydrogens is 266 g/mol. The first-order valence-corrected chi connectivity index (χ1v) is 7.69. The van der Waals surface area contributed by atoms with Crippen molar-refractivity contribution in [3.8, 4) is 22.4 Å². The molecule has 3 rings (SSSR count). The van der Waals surface area contributed by atoms with Crippen LogP contribution in [0, 0.1) is 20.8 Å².